The summed E-state index contributed by atoms with van der Waals surface area (Å²) in [5.41, 5.74) is 2.15. The van der Waals surface area contributed by atoms with Gasteiger partial charge in [-0.15, -0.1) is 0 Å². The average Bonchev–Trinajstić information content (AvgIpc) is 2.87. The summed E-state index contributed by atoms with van der Waals surface area (Å²) in [7, 11) is 0. The van der Waals surface area contributed by atoms with Crippen LogP contribution in [0.25, 0.3) is 11.4 Å². The molecular formula is C13H21N5. The zero-order chi connectivity index (χ0) is 13.1. The van der Waals surface area contributed by atoms with Gasteiger partial charge in [0.05, 0.1) is 11.8 Å². The van der Waals surface area contributed by atoms with Crippen LogP contribution in [0.3, 0.4) is 0 Å². The summed E-state index contributed by atoms with van der Waals surface area (Å²) in [5.74, 6) is 2.28. The smallest absolute Gasteiger partial charge is 0.184 e. The summed E-state index contributed by atoms with van der Waals surface area (Å²) in [6.45, 7) is 9.50. The molecule has 0 aliphatic rings. The number of hydrogen-bond donors (Lipinski definition) is 1. The van der Waals surface area contributed by atoms with E-state index in [0.717, 1.165) is 42.3 Å². The van der Waals surface area contributed by atoms with Crippen molar-refractivity contribution >= 4 is 0 Å². The molecule has 5 nitrogen and oxygen atoms in total. The fraction of sp³-hybridized carbons (Fsp3) is 0.615. The summed E-state index contributed by atoms with van der Waals surface area (Å²) >= 11 is 0. The van der Waals surface area contributed by atoms with Crippen LogP contribution >= 0.6 is 0 Å². The number of rotatable bonds is 5. The molecule has 0 spiro atoms. The van der Waals surface area contributed by atoms with E-state index in [1.54, 1.807) is 0 Å². The maximum atomic E-state index is 4.53. The van der Waals surface area contributed by atoms with Gasteiger partial charge in [0.15, 0.2) is 5.82 Å². The van der Waals surface area contributed by atoms with E-state index in [4.69, 9.17) is 0 Å². The van der Waals surface area contributed by atoms with Crippen molar-refractivity contribution in [1.82, 2.24) is 25.0 Å². The molecule has 2 heterocycles. The van der Waals surface area contributed by atoms with Crippen LogP contribution < -0.4 is 0 Å². The molecule has 5 heteroatoms. The van der Waals surface area contributed by atoms with Gasteiger partial charge in [-0.2, -0.15) is 10.2 Å². The Morgan fingerprint density at radius 3 is 2.83 bits per heavy atom. The minimum atomic E-state index is 0.578. The molecule has 2 aromatic heterocycles. The molecule has 1 N–H and O–H groups in total. The van der Waals surface area contributed by atoms with Crippen molar-refractivity contribution in [2.24, 2.45) is 5.92 Å². The standard InChI is InChI=1S/C13H21N5/c1-5-6-18-10(4)11(8-14-18)13-15-12(16-17-13)7-9(2)3/h8-9H,5-7H2,1-4H3,(H,15,16,17). The first-order valence-corrected chi connectivity index (χ1v) is 6.55. The molecule has 0 aliphatic carbocycles. The van der Waals surface area contributed by atoms with Crippen LogP contribution in [0.4, 0.5) is 0 Å². The lowest BCUT2D eigenvalue weighted by molar-refractivity contribution is 0.587. The van der Waals surface area contributed by atoms with Crippen molar-refractivity contribution in [1.29, 1.82) is 0 Å². The van der Waals surface area contributed by atoms with Crippen molar-refractivity contribution in [3.63, 3.8) is 0 Å². The highest BCUT2D eigenvalue weighted by Gasteiger charge is 2.13. The van der Waals surface area contributed by atoms with Gasteiger partial charge in [0.1, 0.15) is 5.82 Å². The van der Waals surface area contributed by atoms with E-state index >= 15 is 0 Å². The SMILES string of the molecule is CCCn1ncc(-c2n[nH]c(CC(C)C)n2)c1C. The maximum absolute atomic E-state index is 4.53. The molecule has 98 valence electrons. The van der Waals surface area contributed by atoms with Crippen molar-refractivity contribution in [3.8, 4) is 11.4 Å². The lowest BCUT2D eigenvalue weighted by atomic mass is 10.1. The Labute approximate surface area is 108 Å². The first-order valence-electron chi connectivity index (χ1n) is 6.55. The van der Waals surface area contributed by atoms with Crippen LogP contribution in [0.5, 0.6) is 0 Å². The first kappa shape index (κ1) is 12.8. The highest BCUT2D eigenvalue weighted by molar-refractivity contribution is 5.56. The Hall–Kier alpha value is -1.65. The number of nitrogens with zero attached hydrogens (tertiary/aromatic N) is 4. The molecule has 0 radical (unpaired) electrons. The van der Waals surface area contributed by atoms with E-state index in [2.05, 4.69) is 48.0 Å². The fourth-order valence-electron chi connectivity index (χ4n) is 2.00. The van der Waals surface area contributed by atoms with Crippen LogP contribution in [0.2, 0.25) is 0 Å². The van der Waals surface area contributed by atoms with Crippen LogP contribution in [-0.2, 0) is 13.0 Å². The number of H-pyrrole nitrogens is 1. The summed E-state index contributed by atoms with van der Waals surface area (Å²) < 4.78 is 2.01. The third-order valence-electron chi connectivity index (χ3n) is 2.91. The Morgan fingerprint density at radius 2 is 2.17 bits per heavy atom. The fourth-order valence-corrected chi connectivity index (χ4v) is 2.00. The molecule has 18 heavy (non-hydrogen) atoms. The van der Waals surface area contributed by atoms with Gasteiger partial charge in [-0.05, 0) is 19.3 Å². The summed E-state index contributed by atoms with van der Waals surface area (Å²) in [6, 6.07) is 0. The monoisotopic (exact) mass is 247 g/mol. The topological polar surface area (TPSA) is 59.4 Å². The number of aromatic amines is 1. The molecule has 2 rings (SSSR count). The van der Waals surface area contributed by atoms with Gasteiger partial charge < -0.3 is 0 Å². The van der Waals surface area contributed by atoms with Crippen molar-refractivity contribution in [3.05, 3.63) is 17.7 Å². The summed E-state index contributed by atoms with van der Waals surface area (Å²) in [6.07, 6.45) is 3.86. The van der Waals surface area contributed by atoms with Gasteiger partial charge in [0, 0.05) is 18.7 Å². The molecule has 2 aromatic rings. The first-order chi connectivity index (χ1) is 8.61. The number of aryl methyl sites for hydroxylation is 1. The van der Waals surface area contributed by atoms with E-state index in [1.807, 2.05) is 10.9 Å². The Morgan fingerprint density at radius 1 is 1.39 bits per heavy atom. The molecule has 0 fully saturated rings. The Bertz CT molecular complexity index is 509. The normalized spacial score (nSPS) is 11.4. The minimum absolute atomic E-state index is 0.578. The average molecular weight is 247 g/mol. The third-order valence-corrected chi connectivity index (χ3v) is 2.91. The zero-order valence-corrected chi connectivity index (χ0v) is 11.6. The molecule has 0 amide bonds. The lowest BCUT2D eigenvalue weighted by Crippen LogP contribution is -2.01. The Kier molecular flexibility index (Phi) is 3.79. The minimum Gasteiger partial charge on any atom is -0.269 e. The van der Waals surface area contributed by atoms with E-state index < -0.39 is 0 Å². The van der Waals surface area contributed by atoms with Crippen molar-refractivity contribution in [2.45, 2.75) is 47.1 Å². The molecule has 0 saturated heterocycles. The van der Waals surface area contributed by atoms with Gasteiger partial charge in [-0.1, -0.05) is 20.8 Å². The molecule has 0 saturated carbocycles. The van der Waals surface area contributed by atoms with Crippen molar-refractivity contribution in [2.75, 3.05) is 0 Å². The summed E-state index contributed by atoms with van der Waals surface area (Å²) in [4.78, 5) is 4.53. The maximum Gasteiger partial charge on any atom is 0.184 e. The number of aromatic nitrogens is 5. The predicted octanol–water partition coefficient (Wildman–Crippen LogP) is 2.59. The van der Waals surface area contributed by atoms with E-state index in [1.165, 1.54) is 0 Å². The molecule has 0 aliphatic heterocycles. The number of hydrogen-bond acceptors (Lipinski definition) is 3. The molecular weight excluding hydrogens is 226 g/mol. The predicted molar refractivity (Wildman–Crippen MR) is 71.2 cm³/mol. The van der Waals surface area contributed by atoms with Crippen LogP contribution in [0.1, 0.15) is 38.7 Å². The zero-order valence-electron chi connectivity index (χ0n) is 11.6. The van der Waals surface area contributed by atoms with Gasteiger partial charge >= 0.3 is 0 Å². The largest absolute Gasteiger partial charge is 0.269 e. The Balaban J connectivity index is 2.23. The van der Waals surface area contributed by atoms with Gasteiger partial charge in [-0.3, -0.25) is 9.78 Å². The second-order valence-corrected chi connectivity index (χ2v) is 5.07. The van der Waals surface area contributed by atoms with Crippen LogP contribution in [-0.4, -0.2) is 25.0 Å². The van der Waals surface area contributed by atoms with E-state index in [9.17, 15) is 0 Å². The third kappa shape index (κ3) is 2.60. The second kappa shape index (κ2) is 5.33. The molecule has 0 unspecified atom stereocenters. The van der Waals surface area contributed by atoms with Crippen LogP contribution in [0.15, 0.2) is 6.20 Å². The summed E-state index contributed by atoms with van der Waals surface area (Å²) in [5, 5.41) is 11.7. The van der Waals surface area contributed by atoms with Crippen molar-refractivity contribution < 1.29 is 0 Å². The highest BCUT2D eigenvalue weighted by atomic mass is 15.3. The van der Waals surface area contributed by atoms with Gasteiger partial charge in [0.25, 0.3) is 0 Å². The van der Waals surface area contributed by atoms with Crippen LogP contribution in [0, 0.1) is 12.8 Å². The quantitative estimate of drug-likeness (QED) is 0.883. The van der Waals surface area contributed by atoms with Gasteiger partial charge in [0.2, 0.25) is 0 Å². The molecule has 0 aromatic carbocycles. The van der Waals surface area contributed by atoms with E-state index in [-0.39, 0.29) is 0 Å². The lowest BCUT2D eigenvalue weighted by Gasteiger charge is -2.01. The molecule has 0 bridgehead atoms. The van der Waals surface area contributed by atoms with Gasteiger partial charge in [-0.25, -0.2) is 4.98 Å². The highest BCUT2D eigenvalue weighted by Crippen LogP contribution is 2.19. The number of nitrogens with one attached hydrogen (secondary N) is 1. The van der Waals surface area contributed by atoms with E-state index in [0.29, 0.717) is 5.92 Å². The molecule has 0 atom stereocenters. The second-order valence-electron chi connectivity index (χ2n) is 5.07.